The first-order chi connectivity index (χ1) is 28.3. The van der Waals surface area contributed by atoms with E-state index in [1.54, 1.807) is 0 Å². The van der Waals surface area contributed by atoms with Crippen LogP contribution in [0.1, 0.15) is 36.3 Å². The Morgan fingerprint density at radius 1 is 0.526 bits per heavy atom. The number of nitrogens with zero attached hydrogens (tertiary/aromatic N) is 1. The lowest BCUT2D eigenvalue weighted by Crippen LogP contribution is -2.60. The van der Waals surface area contributed by atoms with Crippen molar-refractivity contribution in [2.45, 2.75) is 31.3 Å². The van der Waals surface area contributed by atoms with E-state index in [4.69, 9.17) is 4.42 Å². The molecule has 5 nitrogen and oxygen atoms in total. The summed E-state index contributed by atoms with van der Waals surface area (Å²) in [7, 11) is 0. The van der Waals surface area contributed by atoms with E-state index in [0.29, 0.717) is 0 Å². The fraction of sp³-hybridized carbons (Fsp3) is 0.0980. The minimum absolute atomic E-state index is 0.0323. The van der Waals surface area contributed by atoms with Crippen LogP contribution in [0.3, 0.4) is 0 Å². The third kappa shape index (κ3) is 5.26. The highest BCUT2D eigenvalue weighted by Gasteiger charge is 2.32. The molecule has 10 aromatic rings. The molecule has 0 amide bonds. The summed E-state index contributed by atoms with van der Waals surface area (Å²) >= 11 is 1.86. The van der Waals surface area contributed by atoms with Crippen LogP contribution in [0.2, 0.25) is 0 Å². The topological polar surface area (TPSA) is 54.2 Å². The summed E-state index contributed by atoms with van der Waals surface area (Å²) in [5.74, 6) is 0. The van der Waals surface area contributed by atoms with Gasteiger partial charge in [-0.25, -0.2) is 0 Å². The van der Waals surface area contributed by atoms with Crippen LogP contribution >= 0.6 is 11.3 Å². The first-order valence-corrected chi connectivity index (χ1v) is 20.7. The number of thiophene rings is 1. The predicted octanol–water partition coefficient (Wildman–Crippen LogP) is 10.8. The van der Waals surface area contributed by atoms with Crippen molar-refractivity contribution in [1.29, 1.82) is 0 Å². The fourth-order valence-electron chi connectivity index (χ4n) is 9.50. The lowest BCUT2D eigenvalue weighted by atomic mass is 9.94. The zero-order chi connectivity index (χ0) is 37.5. The SMILES string of the molecule is C1=c2oc3c(-c4cccc5sc6ccc(-n7c8ccccc8c8ccccc87)cc6c45)cccc3c2=C(C2NC(c3ccccc3)NC(c3ccccc3)N2)CC1. The molecule has 274 valence electrons. The smallest absolute Gasteiger partial charge is 0.143 e. The zero-order valence-corrected chi connectivity index (χ0v) is 31.9. The summed E-state index contributed by atoms with van der Waals surface area (Å²) in [6.45, 7) is 0. The minimum atomic E-state index is -0.0675. The van der Waals surface area contributed by atoms with E-state index in [-0.39, 0.29) is 18.5 Å². The molecule has 6 heteroatoms. The Bertz CT molecular complexity index is 3210. The van der Waals surface area contributed by atoms with Crippen molar-refractivity contribution < 1.29 is 4.42 Å². The lowest BCUT2D eigenvalue weighted by Gasteiger charge is -2.40. The largest absolute Gasteiger partial charge is 0.456 e. The van der Waals surface area contributed by atoms with Crippen LogP contribution < -0.4 is 26.6 Å². The van der Waals surface area contributed by atoms with Crippen LogP contribution in [0.4, 0.5) is 0 Å². The van der Waals surface area contributed by atoms with Gasteiger partial charge in [0, 0.05) is 52.8 Å². The molecule has 3 N–H and O–H groups in total. The molecule has 1 saturated heterocycles. The summed E-state index contributed by atoms with van der Waals surface area (Å²) in [5.41, 5.74) is 11.6. The van der Waals surface area contributed by atoms with Crippen LogP contribution in [0, 0.1) is 0 Å². The number of para-hydroxylation sites is 3. The Kier molecular flexibility index (Phi) is 7.60. The van der Waals surface area contributed by atoms with Gasteiger partial charge in [-0.3, -0.25) is 16.0 Å². The third-order valence-electron chi connectivity index (χ3n) is 12.0. The highest BCUT2D eigenvalue weighted by Crippen LogP contribution is 2.43. The van der Waals surface area contributed by atoms with Gasteiger partial charge >= 0.3 is 0 Å². The third-order valence-corrected chi connectivity index (χ3v) is 13.2. The summed E-state index contributed by atoms with van der Waals surface area (Å²) < 4.78 is 12.0. The number of nitrogens with one attached hydrogen (secondary N) is 3. The molecule has 3 aromatic heterocycles. The summed E-state index contributed by atoms with van der Waals surface area (Å²) in [4.78, 5) is 0. The lowest BCUT2D eigenvalue weighted by molar-refractivity contribution is 0.231. The number of benzene rings is 7. The van der Waals surface area contributed by atoms with Crippen LogP contribution in [0.5, 0.6) is 0 Å². The van der Waals surface area contributed by atoms with Crippen molar-refractivity contribution >= 4 is 75.9 Å². The molecule has 1 fully saturated rings. The number of aromatic nitrogens is 1. The number of hydrogen-bond acceptors (Lipinski definition) is 5. The van der Waals surface area contributed by atoms with E-state index >= 15 is 0 Å². The van der Waals surface area contributed by atoms with E-state index in [1.165, 1.54) is 75.1 Å². The van der Waals surface area contributed by atoms with E-state index < -0.39 is 0 Å². The second-order valence-corrected chi connectivity index (χ2v) is 16.3. The second-order valence-electron chi connectivity index (χ2n) is 15.2. The van der Waals surface area contributed by atoms with Gasteiger partial charge in [-0.1, -0.05) is 127 Å². The molecule has 7 aromatic carbocycles. The maximum atomic E-state index is 6.99. The van der Waals surface area contributed by atoms with E-state index in [0.717, 1.165) is 34.8 Å². The van der Waals surface area contributed by atoms with E-state index in [1.807, 2.05) is 11.3 Å². The quantitative estimate of drug-likeness (QED) is 0.164. The Labute approximate surface area is 333 Å². The number of fused-ring (bicyclic) bond motifs is 9. The zero-order valence-electron chi connectivity index (χ0n) is 31.1. The molecule has 2 unspecified atom stereocenters. The first-order valence-electron chi connectivity index (χ1n) is 19.8. The van der Waals surface area contributed by atoms with Crippen LogP contribution in [0.25, 0.3) is 81.4 Å². The molecular formula is C51H38N4OS. The van der Waals surface area contributed by atoms with Gasteiger partial charge in [-0.05, 0) is 77.6 Å². The summed E-state index contributed by atoms with van der Waals surface area (Å²) in [5, 5.41) is 19.2. The maximum Gasteiger partial charge on any atom is 0.143 e. The molecular weight excluding hydrogens is 717 g/mol. The number of furan rings is 1. The fourth-order valence-corrected chi connectivity index (χ4v) is 10.6. The standard InChI is InChI=1S/C51H38N4OS/c1-3-14-31(15-4-1)49-52-50(32-16-5-2-6-17-32)54-51(53-49)39-23-12-26-43-46(39)38-22-11-21-37(48(38)56-43)36-20-13-27-45-47(36)40-30-33(28-29-44(40)57-45)55-41-24-9-7-18-34(41)35-19-8-10-25-42(35)55/h1-11,13-22,24-30,49-54H,12,23H2. The average molecular weight is 755 g/mol. The first kappa shape index (κ1) is 32.9. The molecule has 12 rings (SSSR count). The van der Waals surface area contributed by atoms with Gasteiger partial charge in [0.25, 0.3) is 0 Å². The normalized spacial score (nSPS) is 18.5. The van der Waals surface area contributed by atoms with Crippen LogP contribution in [-0.4, -0.2) is 10.7 Å². The van der Waals surface area contributed by atoms with Gasteiger partial charge < -0.3 is 8.98 Å². The average Bonchev–Trinajstić information content (AvgIpc) is 3.96. The molecule has 4 heterocycles. The highest BCUT2D eigenvalue weighted by atomic mass is 32.1. The van der Waals surface area contributed by atoms with Crippen molar-refractivity contribution in [1.82, 2.24) is 20.5 Å². The van der Waals surface area contributed by atoms with E-state index in [2.05, 4.69) is 190 Å². The number of hydrogen-bond donors (Lipinski definition) is 3. The van der Waals surface area contributed by atoms with Crippen LogP contribution in [0.15, 0.2) is 168 Å². The highest BCUT2D eigenvalue weighted by molar-refractivity contribution is 7.26. The van der Waals surface area contributed by atoms with Gasteiger partial charge in [0.05, 0.1) is 29.5 Å². The van der Waals surface area contributed by atoms with Crippen molar-refractivity contribution in [2.24, 2.45) is 0 Å². The Hall–Kier alpha value is -6.28. The van der Waals surface area contributed by atoms with Gasteiger partial charge in [0.1, 0.15) is 11.0 Å². The predicted molar refractivity (Wildman–Crippen MR) is 237 cm³/mol. The molecule has 0 radical (unpaired) electrons. The maximum absolute atomic E-state index is 6.99. The Morgan fingerprint density at radius 3 is 1.86 bits per heavy atom. The monoisotopic (exact) mass is 754 g/mol. The Morgan fingerprint density at radius 2 is 1.14 bits per heavy atom. The molecule has 1 aliphatic heterocycles. The van der Waals surface area contributed by atoms with Crippen molar-refractivity contribution in [2.75, 3.05) is 0 Å². The van der Waals surface area contributed by atoms with Crippen LogP contribution in [-0.2, 0) is 0 Å². The van der Waals surface area contributed by atoms with Gasteiger partial charge in [-0.15, -0.1) is 11.3 Å². The summed E-state index contributed by atoms with van der Waals surface area (Å²) in [6.07, 6.45) is 4.02. The Balaban J connectivity index is 1.03. The van der Waals surface area contributed by atoms with Crippen molar-refractivity contribution in [3.8, 4) is 16.8 Å². The molecule has 0 spiro atoms. The molecule has 1 aliphatic carbocycles. The second kappa shape index (κ2) is 13.2. The van der Waals surface area contributed by atoms with Gasteiger partial charge in [-0.2, -0.15) is 0 Å². The molecule has 57 heavy (non-hydrogen) atoms. The minimum Gasteiger partial charge on any atom is -0.456 e. The van der Waals surface area contributed by atoms with E-state index in [9.17, 15) is 0 Å². The molecule has 0 bridgehead atoms. The van der Waals surface area contributed by atoms with Gasteiger partial charge in [0.15, 0.2) is 0 Å². The summed E-state index contributed by atoms with van der Waals surface area (Å²) in [6, 6.07) is 59.3. The van der Waals surface area contributed by atoms with Gasteiger partial charge in [0.2, 0.25) is 0 Å². The van der Waals surface area contributed by atoms with Crippen molar-refractivity contribution in [3.05, 3.63) is 186 Å². The molecule has 2 aliphatic rings. The number of rotatable bonds is 5. The molecule has 2 atom stereocenters. The molecule has 0 saturated carbocycles. The van der Waals surface area contributed by atoms with Crippen molar-refractivity contribution in [3.63, 3.8) is 0 Å².